The van der Waals surface area contributed by atoms with Crippen molar-refractivity contribution in [3.63, 3.8) is 0 Å². The minimum atomic E-state index is -2.54. The number of carbonyl (C=O) groups is 1. The second-order valence-electron chi connectivity index (χ2n) is 3.05. The Bertz CT molecular complexity index is 357. The van der Waals surface area contributed by atoms with Gasteiger partial charge in [-0.15, -0.1) is 0 Å². The molecule has 15 heavy (non-hydrogen) atoms. The Morgan fingerprint density at radius 3 is 2.87 bits per heavy atom. The summed E-state index contributed by atoms with van der Waals surface area (Å²) in [6.07, 6.45) is -1.18. The van der Waals surface area contributed by atoms with Gasteiger partial charge in [0.1, 0.15) is 5.82 Å². The van der Waals surface area contributed by atoms with Gasteiger partial charge < -0.3 is 10.6 Å². The van der Waals surface area contributed by atoms with Gasteiger partial charge in [0.05, 0.1) is 6.54 Å². The number of alkyl halides is 2. The zero-order chi connectivity index (χ0) is 11.4. The van der Waals surface area contributed by atoms with Crippen molar-refractivity contribution in [3.05, 3.63) is 23.9 Å². The summed E-state index contributed by atoms with van der Waals surface area (Å²) in [5.74, 6) is -0.310. The number of hydrogen-bond acceptors (Lipinski definition) is 3. The van der Waals surface area contributed by atoms with Crippen molar-refractivity contribution in [2.75, 3.05) is 19.3 Å². The van der Waals surface area contributed by atoms with Gasteiger partial charge in [-0.1, -0.05) is 0 Å². The molecule has 0 fully saturated rings. The third kappa shape index (κ3) is 3.16. The molecule has 4 nitrogen and oxygen atoms in total. The van der Waals surface area contributed by atoms with E-state index in [1.165, 1.54) is 25.4 Å². The van der Waals surface area contributed by atoms with Gasteiger partial charge in [0.25, 0.3) is 12.3 Å². The highest BCUT2D eigenvalue weighted by Crippen LogP contribution is 2.07. The predicted octanol–water partition coefficient (Wildman–Crippen LogP) is 1.00. The van der Waals surface area contributed by atoms with Crippen LogP contribution < -0.4 is 5.73 Å². The summed E-state index contributed by atoms with van der Waals surface area (Å²) in [6.45, 7) is -0.596. The molecule has 1 aromatic rings. The van der Waals surface area contributed by atoms with E-state index in [9.17, 15) is 13.6 Å². The molecule has 0 spiro atoms. The lowest BCUT2D eigenvalue weighted by atomic mass is 10.2. The molecule has 2 N–H and O–H groups in total. The molecule has 0 radical (unpaired) electrons. The number of aromatic nitrogens is 1. The van der Waals surface area contributed by atoms with Gasteiger partial charge in [0.15, 0.2) is 0 Å². The molecule has 1 heterocycles. The van der Waals surface area contributed by atoms with E-state index >= 15 is 0 Å². The monoisotopic (exact) mass is 215 g/mol. The lowest BCUT2D eigenvalue weighted by Crippen LogP contribution is -2.31. The average Bonchev–Trinajstić information content (AvgIpc) is 2.15. The van der Waals surface area contributed by atoms with Crippen molar-refractivity contribution in [1.29, 1.82) is 0 Å². The highest BCUT2D eigenvalue weighted by atomic mass is 19.3. The molecule has 0 saturated carbocycles. The van der Waals surface area contributed by atoms with Gasteiger partial charge in [-0.05, 0) is 12.1 Å². The summed E-state index contributed by atoms with van der Waals surface area (Å²) in [7, 11) is 1.31. The Balaban J connectivity index is 2.76. The molecule has 0 aromatic carbocycles. The third-order valence-corrected chi connectivity index (χ3v) is 1.79. The highest BCUT2D eigenvalue weighted by Gasteiger charge is 2.15. The van der Waals surface area contributed by atoms with Gasteiger partial charge in [-0.25, -0.2) is 13.8 Å². The van der Waals surface area contributed by atoms with Gasteiger partial charge in [0, 0.05) is 18.8 Å². The first-order valence-electron chi connectivity index (χ1n) is 4.26. The second kappa shape index (κ2) is 4.68. The predicted molar refractivity (Wildman–Crippen MR) is 51.6 cm³/mol. The topological polar surface area (TPSA) is 59.2 Å². The maximum atomic E-state index is 12.0. The van der Waals surface area contributed by atoms with Crippen LogP contribution in [-0.2, 0) is 0 Å². The highest BCUT2D eigenvalue weighted by molar-refractivity contribution is 5.94. The first-order valence-corrected chi connectivity index (χ1v) is 4.26. The minimum Gasteiger partial charge on any atom is -0.384 e. The standard InChI is InChI=1S/C9H11F2N3O/c1-14(5-7(10)11)9(15)6-2-3-13-8(12)4-6/h2-4,7H,5H2,1H3,(H2,12,13). The van der Waals surface area contributed by atoms with Crippen molar-refractivity contribution in [3.8, 4) is 0 Å². The van der Waals surface area contributed by atoms with E-state index in [1.54, 1.807) is 0 Å². The lowest BCUT2D eigenvalue weighted by Gasteiger charge is -2.16. The quantitative estimate of drug-likeness (QED) is 0.818. The maximum absolute atomic E-state index is 12.0. The molecule has 0 unspecified atom stereocenters. The second-order valence-corrected chi connectivity index (χ2v) is 3.05. The molecule has 82 valence electrons. The van der Waals surface area contributed by atoms with Crippen molar-refractivity contribution < 1.29 is 13.6 Å². The number of hydrogen-bond donors (Lipinski definition) is 1. The minimum absolute atomic E-state index is 0.186. The molecule has 1 rings (SSSR count). The van der Waals surface area contributed by atoms with Crippen LogP contribution in [0.15, 0.2) is 18.3 Å². The van der Waals surface area contributed by atoms with E-state index in [0.29, 0.717) is 0 Å². The van der Waals surface area contributed by atoms with Crippen LogP contribution in [0.4, 0.5) is 14.6 Å². The number of halogens is 2. The van der Waals surface area contributed by atoms with Gasteiger partial charge in [-0.3, -0.25) is 4.79 Å². The van der Waals surface area contributed by atoms with E-state index in [-0.39, 0.29) is 11.4 Å². The van der Waals surface area contributed by atoms with Crippen LogP contribution in [0.25, 0.3) is 0 Å². The molecule has 1 aromatic heterocycles. The summed E-state index contributed by atoms with van der Waals surface area (Å²) < 4.78 is 24.0. The SMILES string of the molecule is CN(CC(F)F)C(=O)c1ccnc(N)c1. The number of pyridine rings is 1. The zero-order valence-corrected chi connectivity index (χ0v) is 8.15. The fraction of sp³-hybridized carbons (Fsp3) is 0.333. The molecular formula is C9H11F2N3O. The zero-order valence-electron chi connectivity index (χ0n) is 8.15. The fourth-order valence-electron chi connectivity index (χ4n) is 1.09. The Labute approximate surface area is 85.7 Å². The number of anilines is 1. The number of nitrogens with zero attached hydrogens (tertiary/aromatic N) is 2. The fourth-order valence-corrected chi connectivity index (χ4v) is 1.09. The van der Waals surface area contributed by atoms with Gasteiger partial charge in [-0.2, -0.15) is 0 Å². The number of rotatable bonds is 3. The van der Waals surface area contributed by atoms with Crippen LogP contribution in [-0.4, -0.2) is 35.8 Å². The Morgan fingerprint density at radius 2 is 2.33 bits per heavy atom. The van der Waals surface area contributed by atoms with Gasteiger partial charge >= 0.3 is 0 Å². The molecule has 0 bridgehead atoms. The lowest BCUT2D eigenvalue weighted by molar-refractivity contribution is 0.0620. The molecule has 0 aliphatic carbocycles. The van der Waals surface area contributed by atoms with E-state index < -0.39 is 18.9 Å². The van der Waals surface area contributed by atoms with Crippen LogP contribution in [0.1, 0.15) is 10.4 Å². The molecule has 0 aliphatic heterocycles. The smallest absolute Gasteiger partial charge is 0.255 e. The van der Waals surface area contributed by atoms with E-state index in [0.717, 1.165) is 4.90 Å². The molecule has 0 aliphatic rings. The van der Waals surface area contributed by atoms with Crippen LogP contribution in [0, 0.1) is 0 Å². The first-order chi connectivity index (χ1) is 7.00. The van der Waals surface area contributed by atoms with E-state index in [2.05, 4.69) is 4.98 Å². The van der Waals surface area contributed by atoms with Crippen molar-refractivity contribution in [1.82, 2.24) is 9.88 Å². The molecule has 6 heteroatoms. The van der Waals surface area contributed by atoms with Crippen LogP contribution in [0.2, 0.25) is 0 Å². The van der Waals surface area contributed by atoms with Crippen LogP contribution >= 0.6 is 0 Å². The summed E-state index contributed by atoms with van der Waals surface area (Å²) in [5, 5.41) is 0. The summed E-state index contributed by atoms with van der Waals surface area (Å²) in [5.41, 5.74) is 5.62. The summed E-state index contributed by atoms with van der Waals surface area (Å²) in [6, 6.07) is 2.78. The summed E-state index contributed by atoms with van der Waals surface area (Å²) in [4.78, 5) is 16.2. The van der Waals surface area contributed by atoms with Gasteiger partial charge in [0.2, 0.25) is 0 Å². The Morgan fingerprint density at radius 1 is 1.67 bits per heavy atom. The Hall–Kier alpha value is -1.72. The van der Waals surface area contributed by atoms with E-state index in [1.807, 2.05) is 0 Å². The average molecular weight is 215 g/mol. The van der Waals surface area contributed by atoms with Crippen molar-refractivity contribution in [2.45, 2.75) is 6.43 Å². The normalized spacial score (nSPS) is 10.4. The molecule has 0 atom stereocenters. The number of nitrogens with two attached hydrogens (primary N) is 1. The molecule has 1 amide bonds. The first kappa shape index (κ1) is 11.4. The maximum Gasteiger partial charge on any atom is 0.255 e. The number of nitrogen functional groups attached to an aromatic ring is 1. The Kier molecular flexibility index (Phi) is 3.54. The third-order valence-electron chi connectivity index (χ3n) is 1.79. The van der Waals surface area contributed by atoms with Crippen LogP contribution in [0.3, 0.4) is 0 Å². The molecular weight excluding hydrogens is 204 g/mol. The van der Waals surface area contributed by atoms with Crippen molar-refractivity contribution >= 4 is 11.7 Å². The number of amides is 1. The molecule has 0 saturated heterocycles. The largest absolute Gasteiger partial charge is 0.384 e. The van der Waals surface area contributed by atoms with Crippen LogP contribution in [0.5, 0.6) is 0 Å². The van der Waals surface area contributed by atoms with E-state index in [4.69, 9.17) is 5.73 Å². The van der Waals surface area contributed by atoms with Crippen molar-refractivity contribution in [2.24, 2.45) is 0 Å². The summed E-state index contributed by atoms with van der Waals surface area (Å²) >= 11 is 0. The number of carbonyl (C=O) groups excluding carboxylic acids is 1.